The zero-order valence-corrected chi connectivity index (χ0v) is 6.14. The van der Waals surface area contributed by atoms with Crippen LogP contribution in [0.3, 0.4) is 0 Å². The van der Waals surface area contributed by atoms with E-state index in [9.17, 15) is 0 Å². The second kappa shape index (κ2) is 4.17. The van der Waals surface area contributed by atoms with E-state index in [1.165, 1.54) is 25.6 Å². The maximum Gasteiger partial charge on any atom is 0.0296 e. The Morgan fingerprint density at radius 3 is 3.20 bits per heavy atom. The fourth-order valence-corrected chi connectivity index (χ4v) is 1.21. The minimum Gasteiger partial charge on any atom is -0.403 e. The number of rotatable bonds is 3. The minimum atomic E-state index is 0.649. The third-order valence-corrected chi connectivity index (χ3v) is 1.74. The largest absolute Gasteiger partial charge is 0.403 e. The van der Waals surface area contributed by atoms with Crippen LogP contribution in [0.2, 0.25) is 0 Å². The van der Waals surface area contributed by atoms with Crippen LogP contribution >= 0.6 is 0 Å². The van der Waals surface area contributed by atoms with Gasteiger partial charge in [0.15, 0.2) is 0 Å². The van der Waals surface area contributed by atoms with E-state index in [4.69, 9.17) is 5.73 Å². The number of hydrogen-bond acceptors (Lipinski definition) is 3. The first-order chi connectivity index (χ1) is 4.93. The molecule has 0 aromatic heterocycles. The van der Waals surface area contributed by atoms with Crippen LogP contribution in [0.5, 0.6) is 0 Å². The second-order valence-electron chi connectivity index (χ2n) is 2.56. The lowest BCUT2D eigenvalue weighted by Gasteiger charge is -2.08. The van der Waals surface area contributed by atoms with Crippen molar-refractivity contribution in [1.82, 2.24) is 10.6 Å². The zero-order chi connectivity index (χ0) is 7.23. The third-order valence-electron chi connectivity index (χ3n) is 1.74. The normalized spacial score (nSPS) is 25.8. The lowest BCUT2D eigenvalue weighted by molar-refractivity contribution is 0.579. The van der Waals surface area contributed by atoms with Gasteiger partial charge in [0.1, 0.15) is 0 Å². The molecule has 1 fully saturated rings. The molecule has 1 rings (SSSR count). The van der Waals surface area contributed by atoms with Crippen molar-refractivity contribution in [2.75, 3.05) is 13.1 Å². The summed E-state index contributed by atoms with van der Waals surface area (Å²) in [6.07, 6.45) is 5.89. The van der Waals surface area contributed by atoms with Crippen molar-refractivity contribution < 1.29 is 0 Å². The Kier molecular flexibility index (Phi) is 3.09. The molecular formula is C7H15N3. The Bertz CT molecular complexity index is 105. The molecule has 4 N–H and O–H groups in total. The summed E-state index contributed by atoms with van der Waals surface area (Å²) in [6, 6.07) is 0.649. The molecule has 3 heteroatoms. The molecule has 58 valence electrons. The van der Waals surface area contributed by atoms with Crippen molar-refractivity contribution in [2.45, 2.75) is 18.9 Å². The van der Waals surface area contributed by atoms with Crippen LogP contribution in [0.4, 0.5) is 0 Å². The van der Waals surface area contributed by atoms with E-state index in [0.717, 1.165) is 6.54 Å². The van der Waals surface area contributed by atoms with Crippen molar-refractivity contribution in [3.8, 4) is 0 Å². The van der Waals surface area contributed by atoms with Gasteiger partial charge >= 0.3 is 0 Å². The molecule has 3 nitrogen and oxygen atoms in total. The molecule has 1 heterocycles. The standard InChI is InChI=1S/C7H15N3/c8-3-5-9-6-7-2-1-4-10-7/h3,5,7,9-10H,1-2,4,6,8H2/b5-3+. The van der Waals surface area contributed by atoms with Gasteiger partial charge < -0.3 is 16.4 Å². The molecule has 0 bridgehead atoms. The van der Waals surface area contributed by atoms with Crippen molar-refractivity contribution >= 4 is 0 Å². The highest BCUT2D eigenvalue weighted by Crippen LogP contribution is 2.02. The summed E-state index contributed by atoms with van der Waals surface area (Å²) in [6.45, 7) is 2.16. The van der Waals surface area contributed by atoms with Gasteiger partial charge in [0.25, 0.3) is 0 Å². The summed E-state index contributed by atoms with van der Waals surface area (Å²) in [4.78, 5) is 0. The number of nitrogens with one attached hydrogen (secondary N) is 2. The molecule has 0 saturated carbocycles. The Morgan fingerprint density at radius 1 is 1.70 bits per heavy atom. The maximum atomic E-state index is 5.15. The van der Waals surface area contributed by atoms with Crippen LogP contribution in [0.15, 0.2) is 12.4 Å². The summed E-state index contributed by atoms with van der Waals surface area (Å²) in [5, 5.41) is 6.49. The molecule has 0 spiro atoms. The fourth-order valence-electron chi connectivity index (χ4n) is 1.21. The van der Waals surface area contributed by atoms with Crippen LogP contribution in [-0.4, -0.2) is 19.1 Å². The molecule has 0 aromatic rings. The van der Waals surface area contributed by atoms with Crippen molar-refractivity contribution in [3.63, 3.8) is 0 Å². The van der Waals surface area contributed by atoms with E-state index in [1.807, 2.05) is 0 Å². The molecule has 1 unspecified atom stereocenters. The fraction of sp³-hybridized carbons (Fsp3) is 0.714. The van der Waals surface area contributed by atoms with Crippen molar-refractivity contribution in [2.24, 2.45) is 5.73 Å². The highest BCUT2D eigenvalue weighted by molar-refractivity contribution is 4.80. The van der Waals surface area contributed by atoms with Crippen molar-refractivity contribution in [3.05, 3.63) is 12.4 Å². The summed E-state index contributed by atoms with van der Waals surface area (Å²) in [5.74, 6) is 0. The highest BCUT2D eigenvalue weighted by atomic mass is 15.0. The molecule has 1 aliphatic rings. The van der Waals surface area contributed by atoms with E-state index < -0.39 is 0 Å². The molecular weight excluding hydrogens is 126 g/mol. The van der Waals surface area contributed by atoms with Gasteiger partial charge in [-0.2, -0.15) is 0 Å². The molecule has 10 heavy (non-hydrogen) atoms. The molecule has 0 aromatic carbocycles. The van der Waals surface area contributed by atoms with Gasteiger partial charge in [-0.15, -0.1) is 0 Å². The minimum absolute atomic E-state index is 0.649. The molecule has 1 aliphatic heterocycles. The summed E-state index contributed by atoms with van der Waals surface area (Å²) >= 11 is 0. The quantitative estimate of drug-likeness (QED) is 0.508. The Morgan fingerprint density at radius 2 is 2.60 bits per heavy atom. The van der Waals surface area contributed by atoms with Gasteiger partial charge in [-0.05, 0) is 19.4 Å². The van der Waals surface area contributed by atoms with E-state index in [1.54, 1.807) is 6.20 Å². The average Bonchev–Trinajstić information content (AvgIpc) is 2.41. The van der Waals surface area contributed by atoms with E-state index in [-0.39, 0.29) is 0 Å². The predicted molar refractivity (Wildman–Crippen MR) is 42.4 cm³/mol. The van der Waals surface area contributed by atoms with Crippen LogP contribution in [0, 0.1) is 0 Å². The van der Waals surface area contributed by atoms with Gasteiger partial charge in [-0.25, -0.2) is 0 Å². The number of nitrogens with two attached hydrogens (primary N) is 1. The van der Waals surface area contributed by atoms with Crippen LogP contribution < -0.4 is 16.4 Å². The summed E-state index contributed by atoms with van der Waals surface area (Å²) < 4.78 is 0. The summed E-state index contributed by atoms with van der Waals surface area (Å²) in [5.41, 5.74) is 5.15. The average molecular weight is 141 g/mol. The van der Waals surface area contributed by atoms with E-state index in [2.05, 4.69) is 10.6 Å². The maximum absolute atomic E-state index is 5.15. The molecule has 0 aliphatic carbocycles. The van der Waals surface area contributed by atoms with E-state index >= 15 is 0 Å². The van der Waals surface area contributed by atoms with Crippen molar-refractivity contribution in [1.29, 1.82) is 0 Å². The summed E-state index contributed by atoms with van der Waals surface area (Å²) in [7, 11) is 0. The van der Waals surface area contributed by atoms with Gasteiger partial charge in [-0.1, -0.05) is 0 Å². The van der Waals surface area contributed by atoms with Crippen LogP contribution in [-0.2, 0) is 0 Å². The lowest BCUT2D eigenvalue weighted by Crippen LogP contribution is -2.31. The Balaban J connectivity index is 2.01. The smallest absolute Gasteiger partial charge is 0.0296 e. The SMILES string of the molecule is N/C=C/NCC1CCCN1. The third kappa shape index (κ3) is 2.27. The first-order valence-electron chi connectivity index (χ1n) is 3.77. The van der Waals surface area contributed by atoms with Gasteiger partial charge in [0.05, 0.1) is 0 Å². The first-order valence-corrected chi connectivity index (χ1v) is 3.77. The van der Waals surface area contributed by atoms with Gasteiger partial charge in [0.2, 0.25) is 0 Å². The monoisotopic (exact) mass is 141 g/mol. The van der Waals surface area contributed by atoms with E-state index in [0.29, 0.717) is 6.04 Å². The molecule has 0 amide bonds. The topological polar surface area (TPSA) is 50.1 Å². The van der Waals surface area contributed by atoms with Crippen LogP contribution in [0.1, 0.15) is 12.8 Å². The zero-order valence-electron chi connectivity index (χ0n) is 6.14. The molecule has 1 atom stereocenters. The lowest BCUT2D eigenvalue weighted by atomic mass is 10.2. The predicted octanol–water partition coefficient (Wildman–Crippen LogP) is -0.242. The molecule has 1 saturated heterocycles. The Labute approximate surface area is 61.7 Å². The van der Waals surface area contributed by atoms with Gasteiger partial charge in [0, 0.05) is 25.0 Å². The Hall–Kier alpha value is -0.700. The number of hydrogen-bond donors (Lipinski definition) is 3. The molecule has 0 radical (unpaired) electrons. The second-order valence-corrected chi connectivity index (χ2v) is 2.56. The van der Waals surface area contributed by atoms with Gasteiger partial charge in [-0.3, -0.25) is 0 Å². The first kappa shape index (κ1) is 7.41. The van der Waals surface area contributed by atoms with Crippen LogP contribution in [0.25, 0.3) is 0 Å². The highest BCUT2D eigenvalue weighted by Gasteiger charge is 2.11.